The van der Waals surface area contributed by atoms with Gasteiger partial charge in [-0.3, -0.25) is 0 Å². The van der Waals surface area contributed by atoms with Crippen LogP contribution in [-0.4, -0.2) is 11.3 Å². The van der Waals surface area contributed by atoms with Crippen molar-refractivity contribution in [3.05, 3.63) is 117 Å². The molecular weight excluding hydrogens is 506 g/mol. The van der Waals surface area contributed by atoms with Crippen LogP contribution in [0, 0.1) is 55.4 Å². The van der Waals surface area contributed by atoms with Gasteiger partial charge >= 0.3 is 0 Å². The highest BCUT2D eigenvalue weighted by molar-refractivity contribution is 7.74. The van der Waals surface area contributed by atoms with Crippen molar-refractivity contribution in [2.75, 3.05) is 0 Å². The summed E-state index contributed by atoms with van der Waals surface area (Å²) in [6.45, 7) is 23.0. The van der Waals surface area contributed by atoms with E-state index in [4.69, 9.17) is 0 Å². The average molecular weight is 553 g/mol. The van der Waals surface area contributed by atoms with Crippen LogP contribution >= 0.6 is 15.8 Å². The monoisotopic (exact) mass is 552 g/mol. The van der Waals surface area contributed by atoms with Crippen LogP contribution in [0.25, 0.3) is 0 Å². The molecule has 0 heterocycles. The molecule has 0 nitrogen and oxygen atoms in total. The first-order chi connectivity index (χ1) is 18.4. The molecule has 0 saturated carbocycles. The number of rotatable bonds is 8. The topological polar surface area (TPSA) is 0 Å². The van der Waals surface area contributed by atoms with E-state index in [1.807, 2.05) is 0 Å². The smallest absolute Gasteiger partial charge is 0.0151 e. The van der Waals surface area contributed by atoms with Gasteiger partial charge in [0, 0.05) is 0 Å². The Kier molecular flexibility index (Phi) is 9.53. The largest absolute Gasteiger partial charge is 0.0579 e. The zero-order chi connectivity index (χ0) is 28.4. The number of hydrogen-bond donors (Lipinski definition) is 0. The van der Waals surface area contributed by atoms with Gasteiger partial charge in [0.05, 0.1) is 0 Å². The number of hydrogen-bond acceptors (Lipinski definition) is 0. The normalized spacial score (nSPS) is 13.2. The summed E-state index contributed by atoms with van der Waals surface area (Å²) < 4.78 is 0. The summed E-state index contributed by atoms with van der Waals surface area (Å²) in [6, 6.07) is 28.9. The van der Waals surface area contributed by atoms with Crippen molar-refractivity contribution in [1.29, 1.82) is 0 Å². The Balaban J connectivity index is 1.79. The first-order valence-corrected chi connectivity index (χ1v) is 17.1. The fourth-order valence-electron chi connectivity index (χ4n) is 6.38. The predicted octanol–water partition coefficient (Wildman–Crippen LogP) is 8.89. The van der Waals surface area contributed by atoms with Gasteiger partial charge in [-0.2, -0.15) is 0 Å². The summed E-state index contributed by atoms with van der Waals surface area (Å²) in [4.78, 5) is 0. The Bertz CT molecular complexity index is 1170. The fourth-order valence-corrected chi connectivity index (χ4v) is 13.0. The molecule has 2 heteroatoms. The van der Waals surface area contributed by atoms with E-state index in [1.165, 1.54) is 72.1 Å². The van der Waals surface area contributed by atoms with E-state index in [-0.39, 0.29) is 0 Å². The first-order valence-electron chi connectivity index (χ1n) is 14.3. The minimum Gasteiger partial charge on any atom is -0.0579 e. The summed E-state index contributed by atoms with van der Waals surface area (Å²) >= 11 is 0. The van der Waals surface area contributed by atoms with Crippen molar-refractivity contribution in [2.24, 2.45) is 0 Å². The van der Waals surface area contributed by atoms with Crippen molar-refractivity contribution in [3.63, 3.8) is 0 Å². The van der Waals surface area contributed by atoms with Gasteiger partial charge in [0.15, 0.2) is 0 Å². The van der Waals surface area contributed by atoms with Gasteiger partial charge in [-0.15, -0.1) is 0 Å². The Morgan fingerprint density at radius 2 is 0.538 bits per heavy atom. The van der Waals surface area contributed by atoms with Gasteiger partial charge < -0.3 is 0 Å². The van der Waals surface area contributed by atoms with Gasteiger partial charge in [0.25, 0.3) is 0 Å². The van der Waals surface area contributed by atoms with E-state index in [0.29, 0.717) is 11.3 Å². The maximum Gasteiger partial charge on any atom is -0.0151 e. The standard InChI is InChI=1S/C37H46P2/c1-24-11-25(2)16-34(15-24)38(35-17-26(3)12-27(4)18-35)32(9)23-33(10)39(36-19-28(5)13-29(6)20-36)37-21-30(7)14-31(8)22-37/h11-22,32-33H,23H2,1-10H3/t32-,33-/m0/s1. The van der Waals surface area contributed by atoms with Crippen LogP contribution in [0.4, 0.5) is 0 Å². The third kappa shape index (κ3) is 7.48. The highest BCUT2D eigenvalue weighted by Gasteiger charge is 2.29. The molecule has 39 heavy (non-hydrogen) atoms. The Hall–Kier alpha value is -2.26. The van der Waals surface area contributed by atoms with Gasteiger partial charge in [0.1, 0.15) is 0 Å². The van der Waals surface area contributed by atoms with E-state index in [0.717, 1.165) is 0 Å². The van der Waals surface area contributed by atoms with Crippen LogP contribution in [0.2, 0.25) is 0 Å². The summed E-state index contributed by atoms with van der Waals surface area (Å²) in [5, 5.41) is 6.09. The maximum atomic E-state index is 2.52. The fraction of sp³-hybridized carbons (Fsp3) is 0.351. The van der Waals surface area contributed by atoms with Gasteiger partial charge in [-0.1, -0.05) is 131 Å². The molecule has 0 fully saturated rings. The quantitative estimate of drug-likeness (QED) is 0.192. The number of aryl methyl sites for hydroxylation is 8. The predicted molar refractivity (Wildman–Crippen MR) is 180 cm³/mol. The molecule has 4 rings (SSSR count). The second-order valence-electron chi connectivity index (χ2n) is 12.1. The molecule has 0 aliphatic carbocycles. The average Bonchev–Trinajstić information content (AvgIpc) is 2.76. The molecule has 0 N–H and O–H groups in total. The number of benzene rings is 4. The molecule has 0 aromatic heterocycles. The molecular formula is C37H46P2. The molecule has 0 bridgehead atoms. The van der Waals surface area contributed by atoms with E-state index in [9.17, 15) is 0 Å². The van der Waals surface area contributed by atoms with Gasteiger partial charge in [0.2, 0.25) is 0 Å². The molecule has 0 spiro atoms. The Morgan fingerprint density at radius 1 is 0.359 bits per heavy atom. The Labute approximate surface area is 240 Å². The van der Waals surface area contributed by atoms with E-state index in [1.54, 1.807) is 0 Å². The zero-order valence-corrected chi connectivity index (χ0v) is 27.5. The van der Waals surface area contributed by atoms with Crippen LogP contribution in [-0.2, 0) is 0 Å². The SMILES string of the molecule is Cc1cc(C)cc(P(c2cc(C)cc(C)c2)[C@@H](C)C[C@H](C)P(c2cc(C)cc(C)c2)c2cc(C)cc(C)c2)c1. The molecule has 0 aliphatic rings. The van der Waals surface area contributed by atoms with Crippen molar-refractivity contribution in [1.82, 2.24) is 0 Å². The van der Waals surface area contributed by atoms with E-state index < -0.39 is 15.8 Å². The molecule has 4 aromatic rings. The lowest BCUT2D eigenvalue weighted by Gasteiger charge is -2.33. The summed E-state index contributed by atoms with van der Waals surface area (Å²) in [6.07, 6.45) is 1.21. The molecule has 0 amide bonds. The van der Waals surface area contributed by atoms with Crippen LogP contribution in [0.5, 0.6) is 0 Å². The van der Waals surface area contributed by atoms with Gasteiger partial charge in [-0.05, 0) is 110 Å². The van der Waals surface area contributed by atoms with Crippen molar-refractivity contribution >= 4 is 37.1 Å². The summed E-state index contributed by atoms with van der Waals surface area (Å²) in [5.41, 5.74) is 12.1. The lowest BCUT2D eigenvalue weighted by atomic mass is 10.2. The third-order valence-electron chi connectivity index (χ3n) is 7.50. The molecule has 0 unspecified atom stereocenters. The Morgan fingerprint density at radius 3 is 0.718 bits per heavy atom. The van der Waals surface area contributed by atoms with Crippen LogP contribution in [0.15, 0.2) is 72.8 Å². The molecule has 4 aromatic carbocycles. The zero-order valence-electron chi connectivity index (χ0n) is 25.7. The minimum atomic E-state index is -0.487. The second kappa shape index (κ2) is 12.5. The molecule has 0 saturated heterocycles. The maximum absolute atomic E-state index is 2.52. The molecule has 0 radical (unpaired) electrons. The lowest BCUT2D eigenvalue weighted by molar-refractivity contribution is 0.793. The van der Waals surface area contributed by atoms with E-state index in [2.05, 4.69) is 142 Å². The molecule has 0 aliphatic heterocycles. The third-order valence-corrected chi connectivity index (χ3v) is 12.9. The summed E-state index contributed by atoms with van der Waals surface area (Å²) in [5.74, 6) is 0. The van der Waals surface area contributed by atoms with Crippen LogP contribution in [0.1, 0.15) is 64.8 Å². The van der Waals surface area contributed by atoms with Crippen LogP contribution < -0.4 is 21.2 Å². The second-order valence-corrected chi connectivity index (χ2v) is 17.4. The van der Waals surface area contributed by atoms with Crippen molar-refractivity contribution in [2.45, 2.75) is 87.0 Å². The summed E-state index contributed by atoms with van der Waals surface area (Å²) in [7, 11) is -0.973. The van der Waals surface area contributed by atoms with Gasteiger partial charge in [-0.25, -0.2) is 0 Å². The van der Waals surface area contributed by atoms with E-state index >= 15 is 0 Å². The highest BCUT2D eigenvalue weighted by Crippen LogP contribution is 2.48. The first kappa shape index (κ1) is 29.7. The minimum absolute atomic E-state index is 0.487. The molecule has 204 valence electrons. The van der Waals surface area contributed by atoms with Crippen molar-refractivity contribution in [3.8, 4) is 0 Å². The highest BCUT2D eigenvalue weighted by atomic mass is 31.1. The van der Waals surface area contributed by atoms with Crippen LogP contribution in [0.3, 0.4) is 0 Å². The van der Waals surface area contributed by atoms with Crippen molar-refractivity contribution < 1.29 is 0 Å². The molecule has 2 atom stereocenters. The lowest BCUT2D eigenvalue weighted by Crippen LogP contribution is -2.27.